The summed E-state index contributed by atoms with van der Waals surface area (Å²) in [6, 6.07) is 11.9. The van der Waals surface area contributed by atoms with Crippen molar-refractivity contribution in [3.63, 3.8) is 0 Å². The van der Waals surface area contributed by atoms with Crippen molar-refractivity contribution < 1.29 is 9.78 Å². The first kappa shape index (κ1) is 18.8. The number of nitrogens with zero attached hydrogens (tertiary/aromatic N) is 2. The molecule has 0 bridgehead atoms. The Kier molecular flexibility index (Phi) is 5.82. The number of pyridine rings is 1. The second kappa shape index (κ2) is 8.66. The van der Waals surface area contributed by atoms with Crippen molar-refractivity contribution in [1.82, 2.24) is 0 Å². The van der Waals surface area contributed by atoms with Gasteiger partial charge < -0.3 is 5.32 Å². The zero-order chi connectivity index (χ0) is 19.3. The second-order valence-corrected chi connectivity index (χ2v) is 8.34. The molecule has 2 aliphatic rings. The van der Waals surface area contributed by atoms with Gasteiger partial charge in [-0.15, -0.1) is 0 Å². The van der Waals surface area contributed by atoms with Crippen LogP contribution in [0.25, 0.3) is 0 Å². The first-order valence-electron chi connectivity index (χ1n) is 10.00. The Hall–Kier alpha value is -2.52. The van der Waals surface area contributed by atoms with Gasteiger partial charge in [-0.2, -0.15) is 5.26 Å². The fraction of sp³-hybridized carbons (Fsp3) is 0.409. The normalized spacial score (nSPS) is 15.8. The molecule has 1 aromatic heterocycles. The summed E-state index contributed by atoms with van der Waals surface area (Å²) in [5.74, 6) is 1.39. The predicted octanol–water partition coefficient (Wildman–Crippen LogP) is 3.58. The molecule has 1 aliphatic carbocycles. The van der Waals surface area contributed by atoms with Crippen LogP contribution in [0.2, 0.25) is 0 Å². The fourth-order valence-electron chi connectivity index (χ4n) is 4.12. The van der Waals surface area contributed by atoms with Gasteiger partial charge in [-0.1, -0.05) is 30.0 Å². The smallest absolute Gasteiger partial charge is 0.278 e. The number of carbonyl (C=O) groups excluding carboxylic acids is 1. The monoisotopic (exact) mass is 393 g/mol. The third-order valence-electron chi connectivity index (χ3n) is 5.45. The number of fused-ring (bicyclic) bond motifs is 1. The molecule has 0 saturated carbocycles. The highest BCUT2D eigenvalue weighted by molar-refractivity contribution is 7.99. The van der Waals surface area contributed by atoms with E-state index in [1.165, 1.54) is 48.0 Å². The third kappa shape index (κ3) is 4.00. The Morgan fingerprint density at radius 1 is 1.11 bits per heavy atom. The van der Waals surface area contributed by atoms with Crippen LogP contribution in [0, 0.1) is 11.3 Å². The van der Waals surface area contributed by atoms with Crippen LogP contribution in [0.1, 0.15) is 42.4 Å². The number of thioether (sulfide) groups is 1. The van der Waals surface area contributed by atoms with E-state index in [9.17, 15) is 10.1 Å². The summed E-state index contributed by atoms with van der Waals surface area (Å²) in [5, 5.41) is 13.6. The number of hydrogen-bond donors (Lipinski definition) is 1. The Balaban J connectivity index is 1.58. The summed E-state index contributed by atoms with van der Waals surface area (Å²) in [6.45, 7) is 2.13. The number of benzene rings is 1. The minimum atomic E-state index is -0.0612. The highest BCUT2D eigenvalue weighted by Gasteiger charge is 2.31. The van der Waals surface area contributed by atoms with Crippen LogP contribution in [0.5, 0.6) is 0 Å². The lowest BCUT2D eigenvalue weighted by molar-refractivity contribution is -0.414. The highest BCUT2D eigenvalue weighted by Crippen LogP contribution is 2.34. The lowest BCUT2D eigenvalue weighted by Gasteiger charge is -2.22. The van der Waals surface area contributed by atoms with Crippen molar-refractivity contribution in [3.8, 4) is 6.07 Å². The zero-order valence-electron chi connectivity index (χ0n) is 16.0. The van der Waals surface area contributed by atoms with E-state index >= 15 is 0 Å². The van der Waals surface area contributed by atoms with Gasteiger partial charge in [0.15, 0.2) is 5.03 Å². The fourth-order valence-corrected chi connectivity index (χ4v) is 4.95. The Morgan fingerprint density at radius 3 is 2.54 bits per heavy atom. The van der Waals surface area contributed by atoms with E-state index in [2.05, 4.69) is 21.3 Å². The Labute approximate surface area is 170 Å². The minimum Gasteiger partial charge on any atom is -0.325 e. The molecule has 1 amide bonds. The summed E-state index contributed by atoms with van der Waals surface area (Å²) < 4.78 is 0. The summed E-state index contributed by atoms with van der Waals surface area (Å²) in [6.07, 6.45) is 6.72. The maximum atomic E-state index is 12.4. The standard InChI is InChI=1S/C22H24N4OS/c23-14-19-17-10-4-5-11-18(17)21(26-12-6-7-13-26)25-22(19)28-15-20(27)24-16-8-2-1-3-9-16/h1-3,8-9H,4-7,10-13,15H2,(H,24,27)/p+1. The molecule has 6 heteroatoms. The molecule has 1 aromatic carbocycles. The summed E-state index contributed by atoms with van der Waals surface area (Å²) in [5.41, 5.74) is 4.04. The van der Waals surface area contributed by atoms with Gasteiger partial charge >= 0.3 is 0 Å². The van der Waals surface area contributed by atoms with Gasteiger partial charge in [-0.05, 0) is 56.2 Å². The first-order valence-corrected chi connectivity index (χ1v) is 11.0. The van der Waals surface area contributed by atoms with Crippen molar-refractivity contribution in [3.05, 3.63) is 47.0 Å². The number of H-pyrrole nitrogens is 1. The molecule has 144 valence electrons. The van der Waals surface area contributed by atoms with Crippen molar-refractivity contribution in [2.45, 2.75) is 43.6 Å². The molecule has 0 unspecified atom stereocenters. The van der Waals surface area contributed by atoms with E-state index in [0.717, 1.165) is 48.6 Å². The van der Waals surface area contributed by atoms with Crippen molar-refractivity contribution in [1.29, 1.82) is 5.26 Å². The molecule has 0 spiro atoms. The Bertz CT molecular complexity index is 901. The first-order chi connectivity index (χ1) is 13.8. The van der Waals surface area contributed by atoms with Crippen LogP contribution >= 0.6 is 11.8 Å². The van der Waals surface area contributed by atoms with E-state index in [1.54, 1.807) is 0 Å². The van der Waals surface area contributed by atoms with Gasteiger partial charge in [0.05, 0.1) is 18.8 Å². The number of hydrogen-bond acceptors (Lipinski definition) is 4. The van der Waals surface area contributed by atoms with E-state index in [1.807, 2.05) is 30.3 Å². The SMILES string of the molecule is N#Cc1c(SCC(=O)Nc2ccccc2)[nH+]c(N2CCCC2)c2c1CCCC2. The van der Waals surface area contributed by atoms with Crippen LogP contribution in [0.4, 0.5) is 11.5 Å². The average Bonchev–Trinajstić information content (AvgIpc) is 3.27. The maximum Gasteiger partial charge on any atom is 0.278 e. The van der Waals surface area contributed by atoms with Crippen LogP contribution in [0.3, 0.4) is 0 Å². The van der Waals surface area contributed by atoms with Gasteiger partial charge in [0, 0.05) is 11.3 Å². The molecule has 28 heavy (non-hydrogen) atoms. The largest absolute Gasteiger partial charge is 0.325 e. The number of amides is 1. The molecular weight excluding hydrogens is 368 g/mol. The van der Waals surface area contributed by atoms with Crippen LogP contribution in [-0.2, 0) is 17.6 Å². The number of rotatable bonds is 5. The van der Waals surface area contributed by atoms with E-state index in [0.29, 0.717) is 0 Å². The summed E-state index contributed by atoms with van der Waals surface area (Å²) in [7, 11) is 0. The average molecular weight is 394 g/mol. The minimum absolute atomic E-state index is 0.0612. The van der Waals surface area contributed by atoms with E-state index in [4.69, 9.17) is 0 Å². The molecule has 5 nitrogen and oxygen atoms in total. The third-order valence-corrected chi connectivity index (χ3v) is 6.46. The molecule has 1 saturated heterocycles. The quantitative estimate of drug-likeness (QED) is 0.788. The number of carbonyl (C=O) groups is 1. The van der Waals surface area contributed by atoms with E-state index < -0.39 is 0 Å². The molecule has 4 rings (SSSR count). The van der Waals surface area contributed by atoms with Gasteiger partial charge in [0.1, 0.15) is 11.6 Å². The lowest BCUT2D eigenvalue weighted by atomic mass is 9.89. The topological polar surface area (TPSA) is 70.3 Å². The lowest BCUT2D eigenvalue weighted by Crippen LogP contribution is -2.31. The number of para-hydroxylation sites is 1. The zero-order valence-corrected chi connectivity index (χ0v) is 16.8. The molecule has 1 aliphatic heterocycles. The molecular formula is C22H25N4OS+. The summed E-state index contributed by atoms with van der Waals surface area (Å²) in [4.78, 5) is 18.3. The maximum absolute atomic E-state index is 12.4. The molecule has 0 radical (unpaired) electrons. The van der Waals surface area contributed by atoms with E-state index in [-0.39, 0.29) is 11.7 Å². The number of nitriles is 1. The number of nitrogens with one attached hydrogen (secondary N) is 2. The highest BCUT2D eigenvalue weighted by atomic mass is 32.2. The number of anilines is 2. The van der Waals surface area contributed by atoms with Gasteiger partial charge in [0.2, 0.25) is 5.91 Å². The van der Waals surface area contributed by atoms with Crippen LogP contribution < -0.4 is 15.2 Å². The molecule has 0 atom stereocenters. The summed E-state index contributed by atoms with van der Waals surface area (Å²) >= 11 is 1.43. The van der Waals surface area contributed by atoms with Crippen molar-refractivity contribution in [2.24, 2.45) is 0 Å². The second-order valence-electron chi connectivity index (χ2n) is 7.35. The van der Waals surface area contributed by atoms with Crippen LogP contribution in [-0.4, -0.2) is 24.7 Å². The van der Waals surface area contributed by atoms with Crippen LogP contribution in [0.15, 0.2) is 35.4 Å². The van der Waals surface area contributed by atoms with Crippen molar-refractivity contribution >= 4 is 29.2 Å². The molecule has 2 aromatic rings. The predicted molar refractivity (Wildman–Crippen MR) is 112 cm³/mol. The van der Waals surface area contributed by atoms with Gasteiger partial charge in [-0.3, -0.25) is 9.69 Å². The molecule has 2 heterocycles. The van der Waals surface area contributed by atoms with Gasteiger partial charge in [0.25, 0.3) is 5.82 Å². The number of aromatic amines is 1. The number of aromatic nitrogens is 1. The molecule has 1 fully saturated rings. The van der Waals surface area contributed by atoms with Crippen molar-refractivity contribution in [2.75, 3.05) is 29.1 Å². The van der Waals surface area contributed by atoms with Gasteiger partial charge in [-0.25, -0.2) is 4.98 Å². The Morgan fingerprint density at radius 2 is 1.82 bits per heavy atom. The molecule has 2 N–H and O–H groups in total.